The lowest BCUT2D eigenvalue weighted by Gasteiger charge is -2.07. The van der Waals surface area contributed by atoms with Crippen molar-refractivity contribution in [3.8, 4) is 5.75 Å². The van der Waals surface area contributed by atoms with E-state index in [0.717, 1.165) is 0 Å². The summed E-state index contributed by atoms with van der Waals surface area (Å²) in [5.74, 6) is 0.0270. The van der Waals surface area contributed by atoms with Gasteiger partial charge in [-0.2, -0.15) is 5.10 Å². The van der Waals surface area contributed by atoms with Crippen LogP contribution in [0.15, 0.2) is 41.5 Å². The van der Waals surface area contributed by atoms with E-state index in [1.807, 2.05) is 0 Å². The monoisotopic (exact) mass is 356 g/mol. The minimum Gasteiger partial charge on any atom is -0.496 e. The molecule has 1 N–H and O–H groups in total. The molecule has 0 unspecified atom stereocenters. The second kappa shape index (κ2) is 7.49. The molecule has 0 saturated carbocycles. The fraction of sp³-hybridized carbons (Fsp3) is 0.0667. The smallest absolute Gasteiger partial charge is 0.272 e. The molecule has 0 bridgehead atoms. The Balaban J connectivity index is 2.17. The first-order chi connectivity index (χ1) is 10.5. The maximum Gasteiger partial charge on any atom is 0.272 e. The van der Waals surface area contributed by atoms with Crippen LogP contribution in [-0.4, -0.2) is 19.2 Å². The average molecular weight is 358 g/mol. The van der Waals surface area contributed by atoms with Crippen molar-refractivity contribution in [2.24, 2.45) is 5.10 Å². The van der Waals surface area contributed by atoms with Gasteiger partial charge in [-0.15, -0.1) is 0 Å². The highest BCUT2D eigenvalue weighted by atomic mass is 35.5. The molecule has 0 aliphatic rings. The molecule has 0 saturated heterocycles. The van der Waals surface area contributed by atoms with E-state index in [-0.39, 0.29) is 0 Å². The van der Waals surface area contributed by atoms with Crippen molar-refractivity contribution in [1.29, 1.82) is 0 Å². The van der Waals surface area contributed by atoms with Gasteiger partial charge in [-0.05, 0) is 24.3 Å². The van der Waals surface area contributed by atoms with Crippen LogP contribution in [0, 0.1) is 0 Å². The minimum atomic E-state index is -0.425. The first kappa shape index (κ1) is 16.6. The number of carbonyl (C=O) groups excluding carboxylic acids is 1. The summed E-state index contributed by atoms with van der Waals surface area (Å²) in [6, 6.07) is 9.83. The zero-order chi connectivity index (χ0) is 16.1. The summed E-state index contributed by atoms with van der Waals surface area (Å²) in [6.07, 6.45) is 1.38. The fourth-order valence-corrected chi connectivity index (χ4v) is 2.46. The molecule has 1 amide bonds. The van der Waals surface area contributed by atoms with E-state index in [1.54, 1.807) is 36.4 Å². The number of hydrazone groups is 1. The van der Waals surface area contributed by atoms with Gasteiger partial charge in [-0.1, -0.05) is 46.9 Å². The van der Waals surface area contributed by atoms with Crippen LogP contribution in [-0.2, 0) is 0 Å². The number of carbonyl (C=O) groups is 1. The molecule has 0 radical (unpaired) electrons. The van der Waals surface area contributed by atoms with Crippen molar-refractivity contribution in [2.45, 2.75) is 0 Å². The zero-order valence-corrected chi connectivity index (χ0v) is 13.7. The third-order valence-corrected chi connectivity index (χ3v) is 3.62. The maximum absolute atomic E-state index is 12.0. The van der Waals surface area contributed by atoms with Gasteiger partial charge in [0.15, 0.2) is 0 Å². The van der Waals surface area contributed by atoms with Crippen LogP contribution in [0.3, 0.4) is 0 Å². The SMILES string of the molecule is COc1cc(Cl)cc(Cl)c1C=NNC(=O)c1ccccc1Cl. The number of nitrogens with one attached hydrogen (secondary N) is 1. The van der Waals surface area contributed by atoms with Crippen molar-refractivity contribution in [3.05, 3.63) is 62.6 Å². The Bertz CT molecular complexity index is 733. The quantitative estimate of drug-likeness (QED) is 0.650. The van der Waals surface area contributed by atoms with Gasteiger partial charge in [-0.3, -0.25) is 4.79 Å². The number of amides is 1. The number of methoxy groups -OCH3 is 1. The van der Waals surface area contributed by atoms with Gasteiger partial charge in [0, 0.05) is 5.02 Å². The third kappa shape index (κ3) is 3.91. The van der Waals surface area contributed by atoms with Gasteiger partial charge in [0.1, 0.15) is 5.75 Å². The van der Waals surface area contributed by atoms with Crippen molar-refractivity contribution in [1.82, 2.24) is 5.43 Å². The van der Waals surface area contributed by atoms with Crippen LogP contribution in [0.4, 0.5) is 0 Å². The lowest BCUT2D eigenvalue weighted by Crippen LogP contribution is -2.18. The first-order valence-electron chi connectivity index (χ1n) is 6.14. The second-order valence-electron chi connectivity index (χ2n) is 4.18. The van der Waals surface area contributed by atoms with Crippen LogP contribution < -0.4 is 10.2 Å². The zero-order valence-electron chi connectivity index (χ0n) is 11.4. The number of hydrogen-bond acceptors (Lipinski definition) is 3. The van der Waals surface area contributed by atoms with Crippen LogP contribution in [0.2, 0.25) is 15.1 Å². The van der Waals surface area contributed by atoms with Crippen molar-refractivity contribution < 1.29 is 9.53 Å². The Hall–Kier alpha value is -1.75. The lowest BCUT2D eigenvalue weighted by molar-refractivity contribution is 0.0955. The van der Waals surface area contributed by atoms with Gasteiger partial charge >= 0.3 is 0 Å². The average Bonchev–Trinajstić information content (AvgIpc) is 2.49. The van der Waals surface area contributed by atoms with E-state index < -0.39 is 5.91 Å². The van der Waals surface area contributed by atoms with Gasteiger partial charge in [0.25, 0.3) is 5.91 Å². The summed E-state index contributed by atoms with van der Waals surface area (Å²) in [7, 11) is 1.49. The molecular weight excluding hydrogens is 347 g/mol. The second-order valence-corrected chi connectivity index (χ2v) is 5.43. The Labute approximate surface area is 142 Å². The van der Waals surface area contributed by atoms with E-state index in [4.69, 9.17) is 39.5 Å². The summed E-state index contributed by atoms with van der Waals surface area (Å²) in [4.78, 5) is 12.0. The molecule has 2 aromatic rings. The van der Waals surface area contributed by atoms with Crippen LogP contribution >= 0.6 is 34.8 Å². The summed E-state index contributed by atoms with van der Waals surface area (Å²) in [5.41, 5.74) is 3.22. The van der Waals surface area contributed by atoms with E-state index in [1.165, 1.54) is 13.3 Å². The highest BCUT2D eigenvalue weighted by molar-refractivity contribution is 6.36. The van der Waals surface area contributed by atoms with Crippen molar-refractivity contribution in [2.75, 3.05) is 7.11 Å². The number of benzene rings is 2. The molecule has 0 atom stereocenters. The maximum atomic E-state index is 12.0. The van der Waals surface area contributed by atoms with E-state index in [0.29, 0.717) is 31.9 Å². The van der Waals surface area contributed by atoms with Gasteiger partial charge < -0.3 is 4.74 Å². The van der Waals surface area contributed by atoms with Crippen LogP contribution in [0.25, 0.3) is 0 Å². The highest BCUT2D eigenvalue weighted by Crippen LogP contribution is 2.29. The number of halogens is 3. The Morgan fingerprint density at radius 3 is 2.59 bits per heavy atom. The molecule has 0 aliphatic carbocycles. The number of hydrogen-bond donors (Lipinski definition) is 1. The van der Waals surface area contributed by atoms with E-state index >= 15 is 0 Å². The summed E-state index contributed by atoms with van der Waals surface area (Å²) >= 11 is 17.9. The third-order valence-electron chi connectivity index (χ3n) is 2.75. The lowest BCUT2D eigenvalue weighted by atomic mass is 10.2. The molecule has 114 valence electrons. The van der Waals surface area contributed by atoms with Crippen molar-refractivity contribution in [3.63, 3.8) is 0 Å². The standard InChI is InChI=1S/C15H11Cl3N2O2/c1-22-14-7-9(16)6-13(18)11(14)8-19-20-15(21)10-4-2-3-5-12(10)17/h2-8H,1H3,(H,20,21). The molecule has 2 rings (SSSR count). The minimum absolute atomic E-state index is 0.329. The molecule has 0 aliphatic heterocycles. The Morgan fingerprint density at radius 1 is 1.18 bits per heavy atom. The molecule has 4 nitrogen and oxygen atoms in total. The molecule has 2 aromatic carbocycles. The van der Waals surface area contributed by atoms with E-state index in [2.05, 4.69) is 10.5 Å². The molecule has 0 spiro atoms. The predicted molar refractivity (Wildman–Crippen MR) is 89.5 cm³/mol. The Morgan fingerprint density at radius 2 is 1.91 bits per heavy atom. The first-order valence-corrected chi connectivity index (χ1v) is 7.27. The van der Waals surface area contributed by atoms with Crippen molar-refractivity contribution >= 4 is 46.9 Å². The number of nitrogens with zero attached hydrogens (tertiary/aromatic N) is 1. The van der Waals surface area contributed by atoms with Gasteiger partial charge in [0.2, 0.25) is 0 Å². The summed E-state index contributed by atoms with van der Waals surface area (Å²) < 4.78 is 5.17. The van der Waals surface area contributed by atoms with Crippen LogP contribution in [0.1, 0.15) is 15.9 Å². The fourth-order valence-electron chi connectivity index (χ4n) is 1.72. The largest absolute Gasteiger partial charge is 0.496 e. The molecule has 0 fully saturated rings. The topological polar surface area (TPSA) is 50.7 Å². The van der Waals surface area contributed by atoms with E-state index in [9.17, 15) is 4.79 Å². The van der Waals surface area contributed by atoms with Crippen LogP contribution in [0.5, 0.6) is 5.75 Å². The molecule has 0 heterocycles. The van der Waals surface area contributed by atoms with Gasteiger partial charge in [-0.25, -0.2) is 5.43 Å². The molecule has 7 heteroatoms. The summed E-state index contributed by atoms with van der Waals surface area (Å²) in [6.45, 7) is 0. The summed E-state index contributed by atoms with van der Waals surface area (Å²) in [5, 5.41) is 5.02. The molecular formula is C15H11Cl3N2O2. The number of ether oxygens (including phenoxy) is 1. The Kier molecular flexibility index (Phi) is 5.66. The van der Waals surface area contributed by atoms with Gasteiger partial charge in [0.05, 0.1) is 34.5 Å². The molecule has 22 heavy (non-hydrogen) atoms. The highest BCUT2D eigenvalue weighted by Gasteiger charge is 2.10. The number of rotatable bonds is 4. The molecule has 0 aromatic heterocycles. The normalized spacial score (nSPS) is 10.7. The predicted octanol–water partition coefficient (Wildman–Crippen LogP) is 4.42.